The topological polar surface area (TPSA) is 130 Å². The first-order chi connectivity index (χ1) is 19.5. The second-order valence-corrected chi connectivity index (χ2v) is 11.5. The van der Waals surface area contributed by atoms with E-state index in [9.17, 15) is 33.3 Å². The molecule has 3 N–H and O–H groups in total. The van der Waals surface area contributed by atoms with Gasteiger partial charge in [0, 0.05) is 23.5 Å². The number of thioether (sulfide) groups is 1. The molecule has 2 saturated heterocycles. The SMILES string of the molecule is O=C(CO[C@@H]1[C@@H](n2cc(-c3cc(F)c(F)c(F)c3)nn2)[C@@H](O)[C@@H](CO)O[C@@H]1Sc1ccc(Cl)c(Cl)c1)N1CC(O)C1. The van der Waals surface area contributed by atoms with E-state index in [2.05, 4.69) is 10.3 Å². The molecule has 1 amide bonds. The minimum absolute atomic E-state index is 0.0416. The second kappa shape index (κ2) is 12.4. The van der Waals surface area contributed by atoms with Crippen LogP contribution < -0.4 is 0 Å². The summed E-state index contributed by atoms with van der Waals surface area (Å²) in [5.74, 6) is -4.89. The van der Waals surface area contributed by atoms with Gasteiger partial charge in [0.2, 0.25) is 5.91 Å². The Morgan fingerprint density at radius 1 is 1.12 bits per heavy atom. The number of benzene rings is 2. The lowest BCUT2D eigenvalue weighted by molar-refractivity contribution is -0.196. The van der Waals surface area contributed by atoms with E-state index in [1.807, 2.05) is 0 Å². The standard InChI is InChI=1S/C25H23Cl2F3N4O6S/c26-14-2-1-13(5-15(14)27)41-25-24(39-10-20(37)33-6-12(36)7-33)22(23(38)19(9-35)40-25)34-8-18(31-32-34)11-3-16(28)21(30)17(29)4-11/h1-5,8,12,19,22-25,35-36,38H,6-7,9-10H2/t19-,22+,23+,24-,25-/m1/s1. The Kier molecular flexibility index (Phi) is 9.11. The Hall–Kier alpha value is -2.43. The van der Waals surface area contributed by atoms with Gasteiger partial charge in [0.05, 0.1) is 29.0 Å². The van der Waals surface area contributed by atoms with Crippen molar-refractivity contribution in [1.29, 1.82) is 0 Å². The number of rotatable bonds is 8. The lowest BCUT2D eigenvalue weighted by Gasteiger charge is -2.44. The van der Waals surface area contributed by atoms with Crippen LogP contribution in [-0.4, -0.2) is 97.3 Å². The third-order valence-electron chi connectivity index (χ3n) is 6.68. The van der Waals surface area contributed by atoms with Crippen LogP contribution in [0.2, 0.25) is 10.0 Å². The number of likely N-dealkylation sites (tertiary alicyclic amines) is 1. The Bertz CT molecular complexity index is 1410. The molecule has 3 heterocycles. The first-order valence-electron chi connectivity index (χ1n) is 12.3. The van der Waals surface area contributed by atoms with Crippen LogP contribution in [0.5, 0.6) is 0 Å². The number of nitrogens with zero attached hydrogens (tertiary/aromatic N) is 4. The fraction of sp³-hybridized carbons (Fsp3) is 0.400. The number of ether oxygens (including phenoxy) is 2. The number of aliphatic hydroxyl groups is 3. The van der Waals surface area contributed by atoms with Crippen molar-refractivity contribution in [3.63, 3.8) is 0 Å². The van der Waals surface area contributed by atoms with E-state index in [-0.39, 0.29) is 29.4 Å². The van der Waals surface area contributed by atoms with Gasteiger partial charge in [0.1, 0.15) is 42.1 Å². The van der Waals surface area contributed by atoms with Gasteiger partial charge in [-0.1, -0.05) is 40.2 Å². The molecule has 16 heteroatoms. The highest BCUT2D eigenvalue weighted by Gasteiger charge is 2.48. The van der Waals surface area contributed by atoms with Gasteiger partial charge in [-0.05, 0) is 30.3 Å². The Labute approximate surface area is 245 Å². The molecule has 41 heavy (non-hydrogen) atoms. The van der Waals surface area contributed by atoms with E-state index in [1.165, 1.54) is 15.8 Å². The number of aliphatic hydroxyl groups excluding tert-OH is 3. The molecular formula is C25H23Cl2F3N4O6S. The Balaban J connectivity index is 1.48. The van der Waals surface area contributed by atoms with Crippen molar-refractivity contribution < 1.29 is 42.8 Å². The van der Waals surface area contributed by atoms with E-state index < -0.39 is 72.5 Å². The molecule has 2 fully saturated rings. The van der Waals surface area contributed by atoms with Crippen molar-refractivity contribution in [2.45, 2.75) is 40.8 Å². The van der Waals surface area contributed by atoms with Crippen molar-refractivity contribution in [1.82, 2.24) is 19.9 Å². The molecule has 0 saturated carbocycles. The van der Waals surface area contributed by atoms with Crippen molar-refractivity contribution in [3.8, 4) is 11.3 Å². The summed E-state index contributed by atoms with van der Waals surface area (Å²) in [6.07, 6.45) is -3.02. The maximum absolute atomic E-state index is 13.9. The lowest BCUT2D eigenvalue weighted by atomic mass is 9.97. The average Bonchev–Trinajstić information content (AvgIpc) is 3.41. The highest BCUT2D eigenvalue weighted by Crippen LogP contribution is 2.41. The molecule has 5 rings (SSSR count). The number of hydrogen-bond acceptors (Lipinski definition) is 9. The molecule has 0 unspecified atom stereocenters. The zero-order valence-corrected chi connectivity index (χ0v) is 23.2. The summed E-state index contributed by atoms with van der Waals surface area (Å²) < 4.78 is 54.4. The number of β-amino-alcohol motifs (C(OH)–C–C–N with tert-alkyl or cyclic N) is 1. The molecule has 0 spiro atoms. The largest absolute Gasteiger partial charge is 0.394 e. The van der Waals surface area contributed by atoms with Gasteiger partial charge in [-0.15, -0.1) is 5.10 Å². The predicted molar refractivity (Wildman–Crippen MR) is 141 cm³/mol. The minimum atomic E-state index is -1.64. The summed E-state index contributed by atoms with van der Waals surface area (Å²) >= 11 is 13.3. The number of hydrogen-bond donors (Lipinski definition) is 3. The molecule has 10 nitrogen and oxygen atoms in total. The smallest absolute Gasteiger partial charge is 0.248 e. The van der Waals surface area contributed by atoms with Gasteiger partial charge in [-0.2, -0.15) is 0 Å². The molecule has 2 aliphatic heterocycles. The van der Waals surface area contributed by atoms with Crippen LogP contribution in [-0.2, 0) is 14.3 Å². The number of aromatic nitrogens is 3. The van der Waals surface area contributed by atoms with E-state index in [4.69, 9.17) is 32.7 Å². The van der Waals surface area contributed by atoms with Gasteiger partial charge in [-0.3, -0.25) is 4.79 Å². The maximum atomic E-state index is 13.9. The Morgan fingerprint density at radius 2 is 1.83 bits per heavy atom. The molecule has 0 bridgehead atoms. The molecule has 0 radical (unpaired) electrons. The van der Waals surface area contributed by atoms with Crippen LogP contribution in [0.25, 0.3) is 11.3 Å². The monoisotopic (exact) mass is 634 g/mol. The van der Waals surface area contributed by atoms with E-state index >= 15 is 0 Å². The summed E-state index contributed by atoms with van der Waals surface area (Å²) in [5, 5.41) is 39.2. The molecule has 220 valence electrons. The number of amides is 1. The van der Waals surface area contributed by atoms with Crippen LogP contribution in [0.3, 0.4) is 0 Å². The summed E-state index contributed by atoms with van der Waals surface area (Å²) in [6, 6.07) is 5.21. The summed E-state index contributed by atoms with van der Waals surface area (Å²) in [6.45, 7) is -0.729. The first kappa shape index (κ1) is 30.0. The molecular weight excluding hydrogens is 612 g/mol. The van der Waals surface area contributed by atoms with Crippen molar-refractivity contribution >= 4 is 40.9 Å². The van der Waals surface area contributed by atoms with Crippen LogP contribution in [0.1, 0.15) is 6.04 Å². The normalized spacial score (nSPS) is 24.9. The first-order valence-corrected chi connectivity index (χ1v) is 13.9. The maximum Gasteiger partial charge on any atom is 0.248 e. The zero-order chi connectivity index (χ0) is 29.4. The molecule has 2 aliphatic rings. The molecule has 3 aromatic rings. The third kappa shape index (κ3) is 6.34. The van der Waals surface area contributed by atoms with Crippen molar-refractivity contribution in [2.75, 3.05) is 26.3 Å². The number of carbonyl (C=O) groups is 1. The quantitative estimate of drug-likeness (QED) is 0.320. The van der Waals surface area contributed by atoms with Gasteiger partial charge in [0.25, 0.3) is 0 Å². The van der Waals surface area contributed by atoms with Crippen LogP contribution in [0.4, 0.5) is 13.2 Å². The zero-order valence-electron chi connectivity index (χ0n) is 20.9. The van der Waals surface area contributed by atoms with Gasteiger partial charge in [-0.25, -0.2) is 17.9 Å². The second-order valence-electron chi connectivity index (χ2n) is 9.47. The van der Waals surface area contributed by atoms with Gasteiger partial charge >= 0.3 is 0 Å². The summed E-state index contributed by atoms with van der Waals surface area (Å²) in [7, 11) is 0. The highest BCUT2D eigenvalue weighted by atomic mass is 35.5. The molecule has 1 aromatic heterocycles. The Morgan fingerprint density at radius 3 is 2.46 bits per heavy atom. The molecule has 2 aromatic carbocycles. The van der Waals surface area contributed by atoms with Crippen molar-refractivity contribution in [3.05, 3.63) is 64.0 Å². The minimum Gasteiger partial charge on any atom is -0.394 e. The number of carbonyl (C=O) groups excluding carboxylic acids is 1. The average molecular weight is 635 g/mol. The number of halogens is 5. The van der Waals surface area contributed by atoms with Gasteiger partial charge < -0.3 is 29.7 Å². The van der Waals surface area contributed by atoms with Crippen molar-refractivity contribution in [2.24, 2.45) is 0 Å². The summed E-state index contributed by atoms with van der Waals surface area (Å²) in [5.41, 5.74) is -1.10. The van der Waals surface area contributed by atoms with Gasteiger partial charge in [0.15, 0.2) is 17.5 Å². The molecule has 5 atom stereocenters. The lowest BCUT2D eigenvalue weighted by Crippen LogP contribution is -2.58. The van der Waals surface area contributed by atoms with Crippen LogP contribution in [0.15, 0.2) is 41.4 Å². The van der Waals surface area contributed by atoms with Crippen LogP contribution >= 0.6 is 35.0 Å². The summed E-state index contributed by atoms with van der Waals surface area (Å²) in [4.78, 5) is 14.6. The predicted octanol–water partition coefficient (Wildman–Crippen LogP) is 2.67. The van der Waals surface area contributed by atoms with E-state index in [0.717, 1.165) is 23.9 Å². The molecule has 0 aliphatic carbocycles. The van der Waals surface area contributed by atoms with Crippen LogP contribution in [0, 0.1) is 17.5 Å². The fourth-order valence-corrected chi connectivity index (χ4v) is 6.03. The highest BCUT2D eigenvalue weighted by molar-refractivity contribution is 7.99. The van der Waals surface area contributed by atoms with E-state index in [0.29, 0.717) is 9.92 Å². The third-order valence-corrected chi connectivity index (χ3v) is 8.55. The van der Waals surface area contributed by atoms with E-state index in [1.54, 1.807) is 18.2 Å². The fourth-order valence-electron chi connectivity index (χ4n) is 4.50.